The molecule has 0 spiro atoms. The van der Waals surface area contributed by atoms with Crippen LogP contribution in [-0.2, 0) is 18.3 Å². The lowest BCUT2D eigenvalue weighted by Gasteiger charge is -2.26. The first kappa shape index (κ1) is 17.0. The summed E-state index contributed by atoms with van der Waals surface area (Å²) in [4.78, 5) is 23.0. The molecule has 0 fully saturated rings. The quantitative estimate of drug-likeness (QED) is 0.670. The number of urea groups is 1. The molecule has 2 amide bonds. The van der Waals surface area contributed by atoms with Gasteiger partial charge in [-0.1, -0.05) is 13.8 Å². The van der Waals surface area contributed by atoms with E-state index in [0.717, 1.165) is 5.56 Å². The summed E-state index contributed by atoms with van der Waals surface area (Å²) in [7, 11) is 1.84. The Balaban J connectivity index is 2.34. The highest BCUT2D eigenvalue weighted by molar-refractivity contribution is 5.78. The second-order valence-electron chi connectivity index (χ2n) is 5.17. The Morgan fingerprint density at radius 1 is 1.33 bits per heavy atom. The van der Waals surface area contributed by atoms with Crippen LogP contribution in [0.1, 0.15) is 32.3 Å². The van der Waals surface area contributed by atoms with Gasteiger partial charge < -0.3 is 15.7 Å². The van der Waals surface area contributed by atoms with Crippen molar-refractivity contribution in [1.29, 1.82) is 0 Å². The zero-order chi connectivity index (χ0) is 15.9. The van der Waals surface area contributed by atoms with Gasteiger partial charge in [-0.25, -0.2) is 4.79 Å². The molecule has 0 aliphatic rings. The van der Waals surface area contributed by atoms with E-state index in [1.807, 2.05) is 27.1 Å². The first-order valence-electron chi connectivity index (χ1n) is 7.16. The number of hydrogen-bond donors (Lipinski definition) is 3. The largest absolute Gasteiger partial charge is 0.481 e. The normalized spacial score (nSPS) is 11.2. The van der Waals surface area contributed by atoms with Crippen molar-refractivity contribution in [2.45, 2.75) is 33.1 Å². The fourth-order valence-electron chi connectivity index (χ4n) is 2.11. The molecule has 0 atom stereocenters. The molecule has 1 aromatic rings. The lowest BCUT2D eigenvalue weighted by atomic mass is 9.82. The molecule has 1 heterocycles. The van der Waals surface area contributed by atoms with Gasteiger partial charge in [0.05, 0.1) is 11.6 Å². The Bertz CT molecular complexity index is 480. The summed E-state index contributed by atoms with van der Waals surface area (Å²) < 4.78 is 1.71. The molecule has 0 unspecified atom stereocenters. The zero-order valence-electron chi connectivity index (χ0n) is 12.8. The third-order valence-electron chi connectivity index (χ3n) is 3.85. The summed E-state index contributed by atoms with van der Waals surface area (Å²) in [5, 5.41) is 18.7. The molecule has 21 heavy (non-hydrogen) atoms. The highest BCUT2D eigenvalue weighted by Gasteiger charge is 2.35. The molecule has 0 bridgehead atoms. The van der Waals surface area contributed by atoms with Crippen LogP contribution < -0.4 is 10.6 Å². The highest BCUT2D eigenvalue weighted by atomic mass is 16.4. The summed E-state index contributed by atoms with van der Waals surface area (Å²) in [5.74, 6) is -0.872. The molecule has 1 aromatic heterocycles. The van der Waals surface area contributed by atoms with E-state index in [1.54, 1.807) is 10.9 Å². The second kappa shape index (κ2) is 7.66. The van der Waals surface area contributed by atoms with E-state index < -0.39 is 11.4 Å². The minimum Gasteiger partial charge on any atom is -0.481 e. The average Bonchev–Trinajstić information content (AvgIpc) is 2.86. The smallest absolute Gasteiger partial charge is 0.314 e. The highest BCUT2D eigenvalue weighted by Crippen LogP contribution is 2.25. The molecule has 7 nitrogen and oxygen atoms in total. The molecule has 0 aliphatic heterocycles. The Labute approximate surface area is 124 Å². The summed E-state index contributed by atoms with van der Waals surface area (Å²) in [5.41, 5.74) is 0.153. The van der Waals surface area contributed by atoms with Gasteiger partial charge in [0, 0.05) is 26.3 Å². The fraction of sp³-hybridized carbons (Fsp3) is 0.643. The van der Waals surface area contributed by atoms with Crippen molar-refractivity contribution >= 4 is 12.0 Å². The van der Waals surface area contributed by atoms with Crippen molar-refractivity contribution in [1.82, 2.24) is 20.4 Å². The van der Waals surface area contributed by atoms with E-state index in [1.165, 1.54) is 0 Å². The lowest BCUT2D eigenvalue weighted by molar-refractivity contribution is -0.149. The van der Waals surface area contributed by atoms with Gasteiger partial charge in [0.2, 0.25) is 0 Å². The second-order valence-corrected chi connectivity index (χ2v) is 5.17. The molecule has 1 rings (SSSR count). The average molecular weight is 296 g/mol. The summed E-state index contributed by atoms with van der Waals surface area (Å²) in [6.45, 7) is 4.25. The van der Waals surface area contributed by atoms with Crippen LogP contribution in [0, 0.1) is 5.41 Å². The van der Waals surface area contributed by atoms with Gasteiger partial charge in [0.25, 0.3) is 0 Å². The third-order valence-corrected chi connectivity index (χ3v) is 3.85. The van der Waals surface area contributed by atoms with Crippen LogP contribution in [0.25, 0.3) is 0 Å². The van der Waals surface area contributed by atoms with Crippen LogP contribution >= 0.6 is 0 Å². The zero-order valence-corrected chi connectivity index (χ0v) is 12.8. The van der Waals surface area contributed by atoms with E-state index in [4.69, 9.17) is 0 Å². The molecule has 0 saturated carbocycles. The number of carboxylic acids is 1. The summed E-state index contributed by atoms with van der Waals surface area (Å²) in [6.07, 6.45) is 5.29. The van der Waals surface area contributed by atoms with Crippen molar-refractivity contribution in [2.24, 2.45) is 12.5 Å². The standard InChI is InChI=1S/C14H24N4O3/c1-4-14(5-2,12(19)20)10-16-13(21)15-7-6-11-8-17-18(3)9-11/h8-9H,4-7,10H2,1-3H3,(H,19,20)(H2,15,16,21). The number of nitrogens with one attached hydrogen (secondary N) is 2. The van der Waals surface area contributed by atoms with Gasteiger partial charge in [-0.2, -0.15) is 5.10 Å². The number of rotatable bonds is 8. The number of aliphatic carboxylic acids is 1. The topological polar surface area (TPSA) is 96.3 Å². The van der Waals surface area contributed by atoms with E-state index in [0.29, 0.717) is 25.8 Å². The van der Waals surface area contributed by atoms with Crippen LogP contribution in [0.5, 0.6) is 0 Å². The number of hydrogen-bond acceptors (Lipinski definition) is 3. The first-order chi connectivity index (χ1) is 9.93. The van der Waals surface area contributed by atoms with Crippen molar-refractivity contribution in [3.8, 4) is 0 Å². The van der Waals surface area contributed by atoms with Crippen molar-refractivity contribution in [2.75, 3.05) is 13.1 Å². The number of carbonyl (C=O) groups excluding carboxylic acids is 1. The maximum Gasteiger partial charge on any atom is 0.314 e. The summed E-state index contributed by atoms with van der Waals surface area (Å²) >= 11 is 0. The van der Waals surface area contributed by atoms with Gasteiger partial charge in [0.15, 0.2) is 0 Å². The van der Waals surface area contributed by atoms with E-state index in [-0.39, 0.29) is 12.6 Å². The van der Waals surface area contributed by atoms with Crippen molar-refractivity contribution in [3.05, 3.63) is 18.0 Å². The molecule has 118 valence electrons. The van der Waals surface area contributed by atoms with Gasteiger partial charge in [-0.3, -0.25) is 9.48 Å². The number of nitrogens with zero attached hydrogens (tertiary/aromatic N) is 2. The lowest BCUT2D eigenvalue weighted by Crippen LogP contribution is -2.46. The number of amides is 2. The Kier molecular flexibility index (Phi) is 6.20. The minimum atomic E-state index is -0.888. The van der Waals surface area contributed by atoms with Gasteiger partial charge in [-0.05, 0) is 24.8 Å². The number of aryl methyl sites for hydroxylation is 1. The maximum atomic E-state index is 11.7. The number of carboxylic acid groups (broad SMARTS) is 1. The van der Waals surface area contributed by atoms with Gasteiger partial charge >= 0.3 is 12.0 Å². The predicted octanol–water partition coefficient (Wildman–Crippen LogP) is 1.15. The molecular formula is C14H24N4O3. The van der Waals surface area contributed by atoms with Crippen LogP contribution in [-0.4, -0.2) is 40.0 Å². The molecule has 7 heteroatoms. The fourth-order valence-corrected chi connectivity index (χ4v) is 2.11. The van der Waals surface area contributed by atoms with Gasteiger partial charge in [-0.15, -0.1) is 0 Å². The Morgan fingerprint density at radius 3 is 2.48 bits per heavy atom. The molecule has 3 N–H and O–H groups in total. The predicted molar refractivity (Wildman–Crippen MR) is 79.0 cm³/mol. The Hall–Kier alpha value is -2.05. The number of aromatic nitrogens is 2. The van der Waals surface area contributed by atoms with Crippen LogP contribution in [0.2, 0.25) is 0 Å². The molecule has 0 saturated heterocycles. The monoisotopic (exact) mass is 296 g/mol. The van der Waals surface area contributed by atoms with Crippen LogP contribution in [0.3, 0.4) is 0 Å². The first-order valence-corrected chi connectivity index (χ1v) is 7.16. The minimum absolute atomic E-state index is 0.133. The van der Waals surface area contributed by atoms with Crippen molar-refractivity contribution < 1.29 is 14.7 Å². The van der Waals surface area contributed by atoms with E-state index in [2.05, 4.69) is 15.7 Å². The molecular weight excluding hydrogens is 272 g/mol. The van der Waals surface area contributed by atoms with Gasteiger partial charge in [0.1, 0.15) is 0 Å². The molecule has 0 aliphatic carbocycles. The van der Waals surface area contributed by atoms with Crippen LogP contribution in [0.4, 0.5) is 4.79 Å². The van der Waals surface area contributed by atoms with E-state index in [9.17, 15) is 14.7 Å². The number of carbonyl (C=O) groups is 2. The van der Waals surface area contributed by atoms with Crippen molar-refractivity contribution in [3.63, 3.8) is 0 Å². The summed E-state index contributed by atoms with van der Waals surface area (Å²) in [6, 6.07) is -0.341. The third kappa shape index (κ3) is 4.77. The Morgan fingerprint density at radius 2 is 2.00 bits per heavy atom. The maximum absolute atomic E-state index is 11.7. The SMILES string of the molecule is CCC(CC)(CNC(=O)NCCc1cnn(C)c1)C(=O)O. The van der Waals surface area contributed by atoms with Crippen LogP contribution in [0.15, 0.2) is 12.4 Å². The van der Waals surface area contributed by atoms with E-state index >= 15 is 0 Å². The molecule has 0 radical (unpaired) electrons. The molecule has 0 aromatic carbocycles.